The summed E-state index contributed by atoms with van der Waals surface area (Å²) in [5.74, 6) is -0.172. The molecule has 1 amide bonds. The third-order valence-electron chi connectivity index (χ3n) is 4.36. The second kappa shape index (κ2) is 5.98. The van der Waals surface area contributed by atoms with Gasteiger partial charge in [-0.05, 0) is 57.2 Å². The molecule has 7 heteroatoms. The number of carbonyl (C=O) groups is 1. The highest BCUT2D eigenvalue weighted by Gasteiger charge is 2.28. The Morgan fingerprint density at radius 3 is 2.64 bits per heavy atom. The number of imidazole rings is 1. The zero-order chi connectivity index (χ0) is 18.4. The highest BCUT2D eigenvalue weighted by molar-refractivity contribution is 5.72. The van der Waals surface area contributed by atoms with Crippen molar-refractivity contribution in [3.8, 4) is 17.1 Å². The van der Waals surface area contributed by atoms with E-state index < -0.39 is 17.4 Å². The van der Waals surface area contributed by atoms with Crippen LogP contribution in [-0.4, -0.2) is 26.8 Å². The van der Waals surface area contributed by atoms with Crippen molar-refractivity contribution in [2.75, 3.05) is 0 Å². The minimum absolute atomic E-state index is 0.100. The fourth-order valence-electron chi connectivity index (χ4n) is 3.32. The Labute approximate surface area is 145 Å². The van der Waals surface area contributed by atoms with Crippen molar-refractivity contribution in [2.45, 2.75) is 52.2 Å². The predicted molar refractivity (Wildman–Crippen MR) is 93.7 cm³/mol. The molecule has 7 nitrogen and oxygen atoms in total. The number of fused-ring (bicyclic) bond motifs is 1. The second-order valence-electron chi connectivity index (χ2n) is 7.35. The number of hydrogen-bond acceptors (Lipinski definition) is 4. The van der Waals surface area contributed by atoms with Gasteiger partial charge in [0.1, 0.15) is 11.3 Å². The quantitative estimate of drug-likeness (QED) is 0.671. The molecule has 0 radical (unpaired) electrons. The molecular formula is C18H23N3O4. The van der Waals surface area contributed by atoms with Crippen LogP contribution in [0.2, 0.25) is 0 Å². The summed E-state index contributed by atoms with van der Waals surface area (Å²) in [4.78, 5) is 28.4. The van der Waals surface area contributed by atoms with E-state index in [0.29, 0.717) is 5.69 Å². The number of amides is 1. The lowest BCUT2D eigenvalue weighted by Crippen LogP contribution is -2.34. The maximum absolute atomic E-state index is 12.0. The highest BCUT2D eigenvalue weighted by atomic mass is 16.6. The smallest absolute Gasteiger partial charge is 0.408 e. The summed E-state index contributed by atoms with van der Waals surface area (Å²) >= 11 is 0. The Morgan fingerprint density at radius 1 is 1.32 bits per heavy atom. The molecule has 0 bridgehead atoms. The number of aromatic amines is 2. The van der Waals surface area contributed by atoms with Crippen molar-refractivity contribution in [3.05, 3.63) is 39.3 Å². The molecule has 3 rings (SSSR count). The largest absolute Gasteiger partial charge is 0.493 e. The topological polar surface area (TPSA) is 107 Å². The first-order valence-corrected chi connectivity index (χ1v) is 8.29. The summed E-state index contributed by atoms with van der Waals surface area (Å²) in [6, 6.07) is 3.68. The van der Waals surface area contributed by atoms with Crippen LogP contribution in [0, 0.1) is 6.92 Å². The van der Waals surface area contributed by atoms with E-state index in [2.05, 4.69) is 15.3 Å². The van der Waals surface area contributed by atoms with Crippen LogP contribution in [0.4, 0.5) is 4.79 Å². The average Bonchev–Trinajstić information content (AvgIpc) is 3.01. The lowest BCUT2D eigenvalue weighted by molar-refractivity contribution is 0.0503. The highest BCUT2D eigenvalue weighted by Crippen LogP contribution is 2.38. The summed E-state index contributed by atoms with van der Waals surface area (Å²) in [6.07, 6.45) is 1.17. The number of aromatic hydroxyl groups is 1. The van der Waals surface area contributed by atoms with Crippen LogP contribution in [0.15, 0.2) is 16.9 Å². The van der Waals surface area contributed by atoms with Crippen LogP contribution >= 0.6 is 0 Å². The molecule has 0 spiro atoms. The average molecular weight is 345 g/mol. The van der Waals surface area contributed by atoms with E-state index in [1.54, 1.807) is 0 Å². The van der Waals surface area contributed by atoms with Gasteiger partial charge in [0.25, 0.3) is 0 Å². The van der Waals surface area contributed by atoms with E-state index in [9.17, 15) is 14.7 Å². The summed E-state index contributed by atoms with van der Waals surface area (Å²) in [7, 11) is 0. The first kappa shape index (κ1) is 17.1. The van der Waals surface area contributed by atoms with Gasteiger partial charge in [-0.15, -0.1) is 0 Å². The van der Waals surface area contributed by atoms with Crippen LogP contribution in [0.5, 0.6) is 5.88 Å². The standard InChI is InChI=1S/C18H23N3O4/c1-9-10-7-8-13(19-17(24)25-18(2,3)4)12(10)6-5-11(9)14-15(22)21-16(23)20-14/h5-6,13,22H,7-8H2,1-4H3,(H,19,24)(H2,20,21,23)/t13-/m0/s1. The molecule has 1 atom stereocenters. The predicted octanol–water partition coefficient (Wildman–Crippen LogP) is 2.90. The van der Waals surface area contributed by atoms with E-state index in [-0.39, 0.29) is 11.9 Å². The molecule has 0 fully saturated rings. The lowest BCUT2D eigenvalue weighted by Gasteiger charge is -2.22. The number of H-pyrrole nitrogens is 2. The molecule has 25 heavy (non-hydrogen) atoms. The summed E-state index contributed by atoms with van der Waals surface area (Å²) in [6.45, 7) is 7.44. The number of nitrogens with one attached hydrogen (secondary N) is 3. The van der Waals surface area contributed by atoms with Gasteiger partial charge in [0.2, 0.25) is 5.88 Å². The second-order valence-corrected chi connectivity index (χ2v) is 7.35. The zero-order valence-electron chi connectivity index (χ0n) is 14.8. The molecule has 0 saturated heterocycles. The van der Waals surface area contributed by atoms with E-state index in [1.165, 1.54) is 0 Å². The van der Waals surface area contributed by atoms with Gasteiger partial charge in [-0.2, -0.15) is 0 Å². The number of aromatic nitrogens is 2. The number of hydrogen-bond donors (Lipinski definition) is 4. The molecule has 1 aliphatic carbocycles. The van der Waals surface area contributed by atoms with Crippen molar-refractivity contribution in [1.29, 1.82) is 0 Å². The third kappa shape index (κ3) is 3.40. The Kier molecular flexibility index (Phi) is 4.10. The first-order chi connectivity index (χ1) is 11.7. The van der Waals surface area contributed by atoms with E-state index >= 15 is 0 Å². The first-order valence-electron chi connectivity index (χ1n) is 8.29. The summed E-state index contributed by atoms with van der Waals surface area (Å²) < 4.78 is 5.33. The van der Waals surface area contributed by atoms with Crippen LogP contribution in [0.25, 0.3) is 11.3 Å². The minimum Gasteiger partial charge on any atom is -0.493 e. The molecule has 0 unspecified atom stereocenters. The van der Waals surface area contributed by atoms with Gasteiger partial charge in [0.05, 0.1) is 6.04 Å². The summed E-state index contributed by atoms with van der Waals surface area (Å²) in [5, 5.41) is 12.8. The van der Waals surface area contributed by atoms with Crippen LogP contribution in [0.3, 0.4) is 0 Å². The van der Waals surface area contributed by atoms with Gasteiger partial charge in [0, 0.05) is 5.56 Å². The van der Waals surface area contributed by atoms with Crippen LogP contribution < -0.4 is 11.0 Å². The minimum atomic E-state index is -0.539. The maximum atomic E-state index is 12.0. The van der Waals surface area contributed by atoms with Gasteiger partial charge in [-0.25, -0.2) is 9.59 Å². The number of ether oxygens (including phenoxy) is 1. The van der Waals surface area contributed by atoms with Crippen molar-refractivity contribution in [3.63, 3.8) is 0 Å². The van der Waals surface area contributed by atoms with E-state index in [0.717, 1.165) is 35.1 Å². The fourth-order valence-corrected chi connectivity index (χ4v) is 3.32. The molecule has 2 aromatic rings. The van der Waals surface area contributed by atoms with Crippen molar-refractivity contribution >= 4 is 6.09 Å². The molecule has 1 aromatic carbocycles. The van der Waals surface area contributed by atoms with Crippen LogP contribution in [0.1, 0.15) is 49.9 Å². The van der Waals surface area contributed by atoms with Crippen molar-refractivity contribution < 1.29 is 14.6 Å². The number of carbonyl (C=O) groups excluding carboxylic acids is 1. The Balaban J connectivity index is 1.87. The van der Waals surface area contributed by atoms with E-state index in [1.807, 2.05) is 39.8 Å². The monoisotopic (exact) mass is 345 g/mol. The Hall–Kier alpha value is -2.70. The van der Waals surface area contributed by atoms with Gasteiger partial charge in [-0.1, -0.05) is 12.1 Å². The third-order valence-corrected chi connectivity index (χ3v) is 4.36. The summed E-state index contributed by atoms with van der Waals surface area (Å²) in [5.41, 5.74) is 3.32. The van der Waals surface area contributed by atoms with E-state index in [4.69, 9.17) is 4.74 Å². The molecule has 1 aromatic heterocycles. The Bertz CT molecular complexity index is 873. The molecule has 1 heterocycles. The SMILES string of the molecule is Cc1c(-c2[nH]c(=O)[nH]c2O)ccc2c1CC[C@@H]2NC(=O)OC(C)(C)C. The Morgan fingerprint density at radius 2 is 2.04 bits per heavy atom. The van der Waals surface area contributed by atoms with Gasteiger partial charge < -0.3 is 20.1 Å². The van der Waals surface area contributed by atoms with Gasteiger partial charge in [0.15, 0.2) is 0 Å². The number of benzene rings is 1. The molecule has 4 N–H and O–H groups in total. The van der Waals surface area contributed by atoms with Crippen molar-refractivity contribution in [1.82, 2.24) is 15.3 Å². The fraction of sp³-hybridized carbons (Fsp3) is 0.444. The number of rotatable bonds is 2. The molecule has 0 aliphatic heterocycles. The van der Waals surface area contributed by atoms with Gasteiger partial charge >= 0.3 is 11.8 Å². The maximum Gasteiger partial charge on any atom is 0.408 e. The van der Waals surface area contributed by atoms with Gasteiger partial charge in [-0.3, -0.25) is 4.98 Å². The normalized spacial score (nSPS) is 16.6. The molecular weight excluding hydrogens is 322 g/mol. The van der Waals surface area contributed by atoms with Crippen molar-refractivity contribution in [2.24, 2.45) is 0 Å². The number of alkyl carbamates (subject to hydrolysis) is 1. The lowest BCUT2D eigenvalue weighted by atomic mass is 9.96. The molecule has 0 saturated carbocycles. The zero-order valence-corrected chi connectivity index (χ0v) is 14.8. The molecule has 134 valence electrons. The molecule has 1 aliphatic rings. The van der Waals surface area contributed by atoms with Crippen LogP contribution in [-0.2, 0) is 11.2 Å².